The molecule has 2 aromatic carbocycles. The molecule has 3 aliphatic carbocycles. The van der Waals surface area contributed by atoms with E-state index in [1.165, 1.54) is 6.42 Å². The summed E-state index contributed by atoms with van der Waals surface area (Å²) in [6.07, 6.45) is 5.03. The van der Waals surface area contributed by atoms with Crippen LogP contribution in [-0.2, 0) is 26.9 Å². The zero-order chi connectivity index (χ0) is 31.5. The van der Waals surface area contributed by atoms with E-state index in [0.717, 1.165) is 23.1 Å². The van der Waals surface area contributed by atoms with E-state index in [2.05, 4.69) is 43.5 Å². The highest BCUT2D eigenvalue weighted by Gasteiger charge is 2.68. The smallest absolute Gasteiger partial charge is 0.404 e. The van der Waals surface area contributed by atoms with Crippen LogP contribution >= 0.6 is 0 Å². The van der Waals surface area contributed by atoms with Gasteiger partial charge in [-0.25, -0.2) is 4.79 Å². The Morgan fingerprint density at radius 3 is 2.50 bits per heavy atom. The number of carbonyl (C=O) groups excluding carboxylic acids is 2. The molecule has 2 bridgehead atoms. The molecule has 2 N–H and O–H groups in total. The van der Waals surface area contributed by atoms with Crippen molar-refractivity contribution in [1.82, 2.24) is 15.5 Å². The monoisotopic (exact) mass is 596 g/mol. The van der Waals surface area contributed by atoms with Crippen molar-refractivity contribution in [3.8, 4) is 6.07 Å². The number of hydrogen-bond acceptors (Lipinski definition) is 5. The first-order chi connectivity index (χ1) is 21.1. The topological polar surface area (TPSA) is 104 Å². The number of urea groups is 1. The summed E-state index contributed by atoms with van der Waals surface area (Å²) in [6, 6.07) is 19.6. The molecular formula is C35H45BN4O4. The lowest BCUT2D eigenvalue weighted by Gasteiger charge is -2.64. The average molecular weight is 597 g/mol. The van der Waals surface area contributed by atoms with Crippen LogP contribution in [0.1, 0.15) is 64.2 Å². The maximum atomic E-state index is 13.2. The number of nitrogens with zero attached hydrogens (tertiary/aromatic N) is 2. The van der Waals surface area contributed by atoms with E-state index in [9.17, 15) is 14.9 Å². The lowest BCUT2D eigenvalue weighted by Crippen LogP contribution is -2.65. The highest BCUT2D eigenvalue weighted by atomic mass is 16.7. The number of likely N-dealkylation sites (N-methyl/N-ethyl adjacent to an activating group) is 1. The Labute approximate surface area is 262 Å². The third-order valence-corrected chi connectivity index (χ3v) is 10.3. The minimum Gasteiger partial charge on any atom is -0.404 e. The lowest BCUT2D eigenvalue weighted by molar-refractivity contribution is -0.199. The van der Waals surface area contributed by atoms with Crippen molar-refractivity contribution in [1.29, 1.82) is 5.26 Å². The number of rotatable bonds is 11. The molecule has 2 aromatic rings. The molecule has 1 heterocycles. The van der Waals surface area contributed by atoms with Crippen LogP contribution in [0, 0.1) is 28.6 Å². The van der Waals surface area contributed by atoms with Crippen LogP contribution in [-0.4, -0.2) is 61.2 Å². The van der Waals surface area contributed by atoms with E-state index in [4.69, 9.17) is 9.31 Å². The standard InChI is InChI=1S/C35H45BN4O4/c1-6-40(7-2)32(41)27(23-37)19-26-15-11-14-25(18-26)16-17-38-33(42)39-31(20-24-12-9-8-10-13-24)36-43-30-22-28-21-29(34(28,3)4)35(30,5)44-36/h8-15,18-19,28-31H,6-7,16-17,20-22H2,1-5H3,(H2,38,39,42)/t28-,29-,30+,31-,35-/m0/s1. The van der Waals surface area contributed by atoms with Crippen LogP contribution in [0.5, 0.6) is 0 Å². The lowest BCUT2D eigenvalue weighted by atomic mass is 9.43. The molecule has 232 valence electrons. The Morgan fingerprint density at radius 1 is 1.09 bits per heavy atom. The minimum atomic E-state index is -0.525. The van der Waals surface area contributed by atoms with Crippen LogP contribution in [0.3, 0.4) is 0 Å². The van der Waals surface area contributed by atoms with Gasteiger partial charge in [-0.1, -0.05) is 68.4 Å². The van der Waals surface area contributed by atoms with Gasteiger partial charge in [0.1, 0.15) is 11.6 Å². The molecule has 44 heavy (non-hydrogen) atoms. The summed E-state index contributed by atoms with van der Waals surface area (Å²) in [6.45, 7) is 12.2. The van der Waals surface area contributed by atoms with Crippen LogP contribution in [0.4, 0.5) is 4.79 Å². The molecule has 0 unspecified atom stereocenters. The summed E-state index contributed by atoms with van der Waals surface area (Å²) in [5.41, 5.74) is 2.88. The zero-order valence-electron chi connectivity index (χ0n) is 26.6. The van der Waals surface area contributed by atoms with E-state index in [0.29, 0.717) is 44.3 Å². The molecule has 4 fully saturated rings. The SMILES string of the molecule is CCN(CC)C(=O)C(C#N)=Cc1cccc(CCNC(=O)N[C@@H](Cc2ccccc2)B2O[C@@H]3C[C@@H]4C[C@@H](C4(C)C)[C@]3(C)O2)c1. The second-order valence-electron chi connectivity index (χ2n) is 13.2. The summed E-state index contributed by atoms with van der Waals surface area (Å²) < 4.78 is 13.3. The molecule has 0 spiro atoms. The quantitative estimate of drug-likeness (QED) is 0.211. The first-order valence-corrected chi connectivity index (χ1v) is 16.0. The second-order valence-corrected chi connectivity index (χ2v) is 13.2. The Kier molecular flexibility index (Phi) is 9.52. The van der Waals surface area contributed by atoms with Crippen molar-refractivity contribution in [3.63, 3.8) is 0 Å². The third-order valence-electron chi connectivity index (χ3n) is 10.3. The van der Waals surface area contributed by atoms with Crippen molar-refractivity contribution in [2.75, 3.05) is 19.6 Å². The second kappa shape index (κ2) is 13.2. The van der Waals surface area contributed by atoms with E-state index >= 15 is 0 Å². The minimum absolute atomic E-state index is 0.0394. The van der Waals surface area contributed by atoms with E-state index in [1.807, 2.05) is 62.4 Å². The van der Waals surface area contributed by atoms with Gasteiger partial charge in [0, 0.05) is 19.6 Å². The number of hydrogen-bond donors (Lipinski definition) is 2. The largest absolute Gasteiger partial charge is 0.482 e. The summed E-state index contributed by atoms with van der Waals surface area (Å²) in [5.74, 6) is 0.483. The van der Waals surface area contributed by atoms with Gasteiger partial charge in [-0.05, 0) is 86.5 Å². The molecular weight excluding hydrogens is 551 g/mol. The molecule has 0 radical (unpaired) electrons. The number of amides is 3. The molecule has 1 aliphatic heterocycles. The van der Waals surface area contributed by atoms with Gasteiger partial charge < -0.3 is 24.8 Å². The third kappa shape index (κ3) is 6.43. The van der Waals surface area contributed by atoms with Crippen molar-refractivity contribution in [2.24, 2.45) is 17.3 Å². The fourth-order valence-corrected chi connectivity index (χ4v) is 7.52. The highest BCUT2D eigenvalue weighted by molar-refractivity contribution is 6.48. The first kappa shape index (κ1) is 31.8. The van der Waals surface area contributed by atoms with Gasteiger partial charge in [0.15, 0.2) is 0 Å². The van der Waals surface area contributed by atoms with E-state index in [-0.39, 0.29) is 40.6 Å². The van der Waals surface area contributed by atoms with Crippen LogP contribution in [0.15, 0.2) is 60.2 Å². The molecule has 5 atom stereocenters. The Balaban J connectivity index is 1.21. The number of nitriles is 1. The zero-order valence-corrected chi connectivity index (χ0v) is 26.6. The molecule has 1 saturated heterocycles. The number of nitrogens with one attached hydrogen (secondary N) is 2. The van der Waals surface area contributed by atoms with Gasteiger partial charge in [0.2, 0.25) is 0 Å². The Bertz CT molecular complexity index is 1420. The fourth-order valence-electron chi connectivity index (χ4n) is 7.52. The molecule has 3 amide bonds. The Morgan fingerprint density at radius 2 is 1.82 bits per heavy atom. The Hall–Kier alpha value is -3.61. The van der Waals surface area contributed by atoms with Crippen molar-refractivity contribution in [2.45, 2.75) is 77.9 Å². The number of carbonyl (C=O) groups is 2. The predicted octanol–water partition coefficient (Wildman–Crippen LogP) is 5.18. The summed E-state index contributed by atoms with van der Waals surface area (Å²) >= 11 is 0. The van der Waals surface area contributed by atoms with Gasteiger partial charge >= 0.3 is 13.1 Å². The van der Waals surface area contributed by atoms with Gasteiger partial charge in [-0.2, -0.15) is 5.26 Å². The number of benzene rings is 2. The van der Waals surface area contributed by atoms with Gasteiger partial charge in [0.05, 0.1) is 17.6 Å². The van der Waals surface area contributed by atoms with Gasteiger partial charge in [-0.3, -0.25) is 4.79 Å². The fraction of sp³-hybridized carbons (Fsp3) is 0.514. The van der Waals surface area contributed by atoms with Crippen molar-refractivity contribution >= 4 is 25.1 Å². The first-order valence-electron chi connectivity index (χ1n) is 16.0. The maximum Gasteiger partial charge on any atom is 0.482 e. The summed E-state index contributed by atoms with van der Waals surface area (Å²) in [7, 11) is -0.525. The summed E-state index contributed by atoms with van der Waals surface area (Å²) in [5, 5.41) is 15.8. The molecule has 8 nitrogen and oxygen atoms in total. The van der Waals surface area contributed by atoms with Crippen LogP contribution < -0.4 is 10.6 Å². The summed E-state index contributed by atoms with van der Waals surface area (Å²) in [4.78, 5) is 27.5. The van der Waals surface area contributed by atoms with Gasteiger partial charge in [0.25, 0.3) is 5.91 Å². The van der Waals surface area contributed by atoms with Crippen LogP contribution in [0.25, 0.3) is 6.08 Å². The van der Waals surface area contributed by atoms with Crippen molar-refractivity contribution in [3.05, 3.63) is 76.9 Å². The predicted molar refractivity (Wildman–Crippen MR) is 172 cm³/mol. The molecule has 6 rings (SSSR count). The molecule has 4 aliphatic rings. The van der Waals surface area contributed by atoms with E-state index in [1.54, 1.807) is 11.0 Å². The average Bonchev–Trinajstić information content (AvgIpc) is 3.38. The van der Waals surface area contributed by atoms with Crippen molar-refractivity contribution < 1.29 is 18.9 Å². The van der Waals surface area contributed by atoms with E-state index < -0.39 is 7.12 Å². The van der Waals surface area contributed by atoms with Crippen LogP contribution in [0.2, 0.25) is 0 Å². The highest BCUT2D eigenvalue weighted by Crippen LogP contribution is 2.65. The normalized spacial score (nSPS) is 25.7. The van der Waals surface area contributed by atoms with Gasteiger partial charge in [-0.15, -0.1) is 0 Å². The maximum absolute atomic E-state index is 13.2. The molecule has 3 saturated carbocycles. The molecule has 9 heteroatoms. The molecule has 0 aromatic heterocycles.